The first-order valence-corrected chi connectivity index (χ1v) is 6.23. The van der Waals surface area contributed by atoms with Gasteiger partial charge < -0.3 is 25.2 Å². The van der Waals surface area contributed by atoms with E-state index < -0.39 is 11.9 Å². The van der Waals surface area contributed by atoms with Crippen molar-refractivity contribution in [1.29, 1.82) is 0 Å². The molecular weight excluding hydrogens is 417 g/mol. The summed E-state index contributed by atoms with van der Waals surface area (Å²) in [7, 11) is 2.89. The van der Waals surface area contributed by atoms with Crippen molar-refractivity contribution in [1.82, 2.24) is 0 Å². The topological polar surface area (TPSA) is 125 Å². The van der Waals surface area contributed by atoms with Gasteiger partial charge in [-0.3, -0.25) is 0 Å². The molecule has 0 unspecified atom stereocenters. The zero-order valence-electron chi connectivity index (χ0n) is 13.4. The Bertz CT molecular complexity index is 601. The summed E-state index contributed by atoms with van der Waals surface area (Å²) < 4.78 is 9.65. The number of aromatic carboxylic acids is 2. The van der Waals surface area contributed by atoms with E-state index in [1.807, 2.05) is 0 Å². The predicted octanol–water partition coefficient (Wildman–Crippen LogP) is 1.96. The quantitative estimate of drug-likeness (QED) is 0.709. The molecule has 2 rings (SSSR count). The van der Waals surface area contributed by atoms with Crippen LogP contribution in [0.1, 0.15) is 20.7 Å². The van der Waals surface area contributed by atoms with E-state index in [0.717, 1.165) is 0 Å². The van der Waals surface area contributed by atoms with Crippen molar-refractivity contribution >= 4 is 11.9 Å². The van der Waals surface area contributed by atoms with Crippen LogP contribution in [0.25, 0.3) is 0 Å². The summed E-state index contributed by atoms with van der Waals surface area (Å²) >= 11 is 0. The van der Waals surface area contributed by atoms with E-state index in [2.05, 4.69) is 0 Å². The normalized spacial score (nSPS) is 8.42. The van der Waals surface area contributed by atoms with Crippen LogP contribution in [0.15, 0.2) is 48.5 Å². The van der Waals surface area contributed by atoms with Gasteiger partial charge >= 0.3 is 11.9 Å². The van der Waals surface area contributed by atoms with Crippen molar-refractivity contribution in [3.8, 4) is 11.5 Å². The Kier molecular flexibility index (Phi) is 12.4. The van der Waals surface area contributed by atoms with Gasteiger partial charge in [0.05, 0.1) is 14.2 Å². The Labute approximate surface area is 159 Å². The molecule has 2 aromatic carbocycles. The number of carboxylic acids is 2. The van der Waals surface area contributed by atoms with Crippen molar-refractivity contribution in [2.75, 3.05) is 14.2 Å². The van der Waals surface area contributed by atoms with Gasteiger partial charge in [-0.15, -0.1) is 0 Å². The second kappa shape index (κ2) is 12.3. The van der Waals surface area contributed by atoms with Crippen LogP contribution in [0.5, 0.6) is 11.5 Å². The van der Waals surface area contributed by atoms with Crippen LogP contribution in [0.3, 0.4) is 0 Å². The standard InChI is InChI=1S/2C8H8O3.Cd.H2O/c2*1-11-7-5-3-2-4-6(7)8(9)10;;/h2*2-5H,1H3,(H,9,10);;1H2. The Morgan fingerprint density at radius 2 is 1.04 bits per heavy atom. The summed E-state index contributed by atoms with van der Waals surface area (Å²) in [5.41, 5.74) is 0.380. The summed E-state index contributed by atoms with van der Waals surface area (Å²) in [4.78, 5) is 21.0. The molecule has 8 heteroatoms. The molecule has 0 fully saturated rings. The van der Waals surface area contributed by atoms with Gasteiger partial charge in [-0.05, 0) is 24.3 Å². The van der Waals surface area contributed by atoms with Crippen LogP contribution in [0, 0.1) is 0 Å². The largest absolute Gasteiger partial charge is 0.496 e. The van der Waals surface area contributed by atoms with Gasteiger partial charge in [0.25, 0.3) is 0 Å². The van der Waals surface area contributed by atoms with Gasteiger partial charge in [0.1, 0.15) is 22.6 Å². The minimum atomic E-state index is -0.970. The first kappa shape index (κ1) is 24.1. The zero-order chi connectivity index (χ0) is 16.5. The zero-order valence-corrected chi connectivity index (χ0v) is 17.4. The Balaban J connectivity index is 0. The Morgan fingerprint density at radius 3 is 1.25 bits per heavy atom. The summed E-state index contributed by atoms with van der Waals surface area (Å²) in [6.07, 6.45) is 0. The molecule has 0 saturated carbocycles. The van der Waals surface area contributed by atoms with Crippen LogP contribution < -0.4 is 9.47 Å². The second-order valence-corrected chi connectivity index (χ2v) is 4.01. The molecule has 0 radical (unpaired) electrons. The molecule has 24 heavy (non-hydrogen) atoms. The number of carbonyl (C=O) groups is 2. The van der Waals surface area contributed by atoms with E-state index in [1.54, 1.807) is 36.4 Å². The van der Waals surface area contributed by atoms with E-state index in [1.165, 1.54) is 26.4 Å². The van der Waals surface area contributed by atoms with E-state index in [4.69, 9.17) is 19.7 Å². The van der Waals surface area contributed by atoms with Gasteiger partial charge in [0.2, 0.25) is 0 Å². The molecule has 4 N–H and O–H groups in total. The number of carboxylic acid groups (broad SMARTS) is 2. The van der Waals surface area contributed by atoms with E-state index >= 15 is 0 Å². The summed E-state index contributed by atoms with van der Waals surface area (Å²) in [5, 5.41) is 17.2. The molecule has 0 aliphatic rings. The molecule has 0 bridgehead atoms. The number of methoxy groups -OCH3 is 2. The van der Waals surface area contributed by atoms with E-state index in [9.17, 15) is 9.59 Å². The maximum Gasteiger partial charge on any atom is 0.339 e. The van der Waals surface area contributed by atoms with Crippen LogP contribution in [-0.2, 0) is 27.3 Å². The first-order chi connectivity index (χ1) is 10.5. The number of ether oxygens (including phenoxy) is 2. The van der Waals surface area contributed by atoms with E-state index in [-0.39, 0.29) is 43.9 Å². The van der Waals surface area contributed by atoms with Crippen molar-refractivity contribution in [2.45, 2.75) is 0 Å². The molecule has 0 spiro atoms. The fourth-order valence-corrected chi connectivity index (χ4v) is 1.64. The third-order valence-electron chi connectivity index (χ3n) is 2.67. The fraction of sp³-hybridized carbons (Fsp3) is 0.125. The fourth-order valence-electron chi connectivity index (χ4n) is 1.64. The first-order valence-electron chi connectivity index (χ1n) is 6.23. The molecule has 0 heterocycles. The van der Waals surface area contributed by atoms with Crippen molar-refractivity contribution in [3.63, 3.8) is 0 Å². The minimum absolute atomic E-state index is 0. The van der Waals surface area contributed by atoms with Crippen LogP contribution in [-0.4, -0.2) is 41.8 Å². The minimum Gasteiger partial charge on any atom is -0.496 e. The number of para-hydroxylation sites is 2. The van der Waals surface area contributed by atoms with Gasteiger partial charge in [0.15, 0.2) is 0 Å². The molecule has 2 aromatic rings. The Morgan fingerprint density at radius 1 is 0.750 bits per heavy atom. The molecule has 0 saturated heterocycles. The smallest absolute Gasteiger partial charge is 0.339 e. The van der Waals surface area contributed by atoms with Gasteiger partial charge in [-0.25, -0.2) is 9.59 Å². The van der Waals surface area contributed by atoms with Crippen LogP contribution in [0.4, 0.5) is 0 Å². The number of benzene rings is 2. The number of hydrogen-bond donors (Lipinski definition) is 2. The monoisotopic (exact) mass is 436 g/mol. The molecule has 0 atom stereocenters. The van der Waals surface area contributed by atoms with Crippen molar-refractivity contribution in [2.24, 2.45) is 0 Å². The molecule has 126 valence electrons. The predicted molar refractivity (Wildman–Crippen MR) is 83.5 cm³/mol. The van der Waals surface area contributed by atoms with Crippen LogP contribution >= 0.6 is 0 Å². The van der Waals surface area contributed by atoms with E-state index in [0.29, 0.717) is 11.5 Å². The average molecular weight is 435 g/mol. The number of rotatable bonds is 4. The Hall–Kier alpha value is -2.14. The third kappa shape index (κ3) is 6.96. The SMILES string of the molecule is COc1ccccc1C(=O)O.COc1ccccc1C(=O)O.O.[Cd]. The average Bonchev–Trinajstić information content (AvgIpc) is 2.55. The number of hydrogen-bond acceptors (Lipinski definition) is 4. The summed E-state index contributed by atoms with van der Waals surface area (Å²) in [6.45, 7) is 0. The third-order valence-corrected chi connectivity index (χ3v) is 2.67. The molecule has 0 aliphatic carbocycles. The summed E-state index contributed by atoms with van der Waals surface area (Å²) in [6, 6.07) is 13.0. The maximum absolute atomic E-state index is 10.5. The molecule has 7 nitrogen and oxygen atoms in total. The summed E-state index contributed by atoms with van der Waals surface area (Å²) in [5.74, 6) is -1.16. The molecule has 0 aromatic heterocycles. The van der Waals surface area contributed by atoms with Gasteiger partial charge in [0, 0.05) is 27.3 Å². The van der Waals surface area contributed by atoms with Crippen LogP contribution in [0.2, 0.25) is 0 Å². The maximum atomic E-state index is 10.5. The van der Waals surface area contributed by atoms with Gasteiger partial charge in [-0.2, -0.15) is 0 Å². The molecule has 0 amide bonds. The van der Waals surface area contributed by atoms with Crippen molar-refractivity contribution < 1.29 is 62.1 Å². The van der Waals surface area contributed by atoms with Crippen molar-refractivity contribution in [3.05, 3.63) is 59.7 Å². The molecular formula is C16H18CdO7. The molecule has 0 aliphatic heterocycles. The van der Waals surface area contributed by atoms with Gasteiger partial charge in [-0.1, -0.05) is 24.3 Å². The second-order valence-electron chi connectivity index (χ2n) is 4.01.